The summed E-state index contributed by atoms with van der Waals surface area (Å²) >= 11 is 0. The molecule has 1 N–H and O–H groups in total. The molecule has 1 atom stereocenters. The Balaban J connectivity index is 1.81. The Hall–Kier alpha value is -2.16. The van der Waals surface area contributed by atoms with Gasteiger partial charge in [0.2, 0.25) is 0 Å². The summed E-state index contributed by atoms with van der Waals surface area (Å²) in [5.41, 5.74) is 5.70. The lowest BCUT2D eigenvalue weighted by molar-refractivity contribution is 0.671. The van der Waals surface area contributed by atoms with E-state index >= 15 is 0 Å². The second-order valence-corrected chi connectivity index (χ2v) is 4.90. The molecule has 0 saturated heterocycles. The molecule has 0 bridgehead atoms. The van der Waals surface area contributed by atoms with E-state index in [2.05, 4.69) is 45.3 Å². The number of pyridine rings is 1. The van der Waals surface area contributed by atoms with E-state index in [-0.39, 0.29) is 0 Å². The van der Waals surface area contributed by atoms with Gasteiger partial charge in [0.1, 0.15) is 5.82 Å². The number of aryl methyl sites for hydroxylation is 1. The van der Waals surface area contributed by atoms with E-state index in [1.807, 2.05) is 13.0 Å². The number of imidazole rings is 1. The molecule has 1 aromatic carbocycles. The molecular formula is C15H13N3. The van der Waals surface area contributed by atoms with Crippen molar-refractivity contribution in [3.05, 3.63) is 59.0 Å². The molecule has 0 saturated carbocycles. The minimum Gasteiger partial charge on any atom is -0.340 e. The van der Waals surface area contributed by atoms with Gasteiger partial charge in [-0.1, -0.05) is 24.3 Å². The van der Waals surface area contributed by atoms with Crippen LogP contribution in [0, 0.1) is 6.92 Å². The Morgan fingerprint density at radius 2 is 2.00 bits per heavy atom. The zero-order valence-corrected chi connectivity index (χ0v) is 10.1. The van der Waals surface area contributed by atoms with Crippen molar-refractivity contribution in [3.8, 4) is 0 Å². The number of nitrogens with zero attached hydrogens (tertiary/aromatic N) is 2. The number of rotatable bonds is 1. The maximum absolute atomic E-state index is 4.63. The molecule has 18 heavy (non-hydrogen) atoms. The van der Waals surface area contributed by atoms with E-state index < -0.39 is 0 Å². The van der Waals surface area contributed by atoms with Gasteiger partial charge in [-0.25, -0.2) is 9.97 Å². The Morgan fingerprint density at radius 3 is 2.89 bits per heavy atom. The van der Waals surface area contributed by atoms with Crippen LogP contribution in [0.1, 0.15) is 28.6 Å². The predicted molar refractivity (Wildman–Crippen MR) is 70.6 cm³/mol. The fourth-order valence-corrected chi connectivity index (χ4v) is 2.67. The van der Waals surface area contributed by atoms with Gasteiger partial charge in [0.05, 0.1) is 5.52 Å². The van der Waals surface area contributed by atoms with Gasteiger partial charge in [0.25, 0.3) is 0 Å². The molecule has 88 valence electrons. The third-order valence-electron chi connectivity index (χ3n) is 3.69. The van der Waals surface area contributed by atoms with Crippen LogP contribution in [0.2, 0.25) is 0 Å². The summed E-state index contributed by atoms with van der Waals surface area (Å²) in [5, 5.41) is 0. The fourth-order valence-electron chi connectivity index (χ4n) is 2.67. The molecule has 0 aliphatic heterocycles. The number of hydrogen-bond donors (Lipinski definition) is 1. The van der Waals surface area contributed by atoms with E-state index in [1.165, 1.54) is 11.1 Å². The largest absolute Gasteiger partial charge is 0.340 e. The van der Waals surface area contributed by atoms with Gasteiger partial charge in [0.15, 0.2) is 5.65 Å². The molecule has 4 rings (SSSR count). The number of nitrogens with one attached hydrogen (secondary N) is 1. The highest BCUT2D eigenvalue weighted by Gasteiger charge is 2.29. The topological polar surface area (TPSA) is 41.6 Å². The number of fused-ring (bicyclic) bond motifs is 2. The molecule has 3 aromatic rings. The standard InChI is InChI=1S/C15H13N3/c1-9-6-7-13-15(16-9)18-14(17-13)12-8-10-4-2-3-5-11(10)12/h2-7,12H,8H2,1H3,(H,16,17,18). The minimum atomic E-state index is 0.413. The lowest BCUT2D eigenvalue weighted by Crippen LogP contribution is -2.19. The van der Waals surface area contributed by atoms with Gasteiger partial charge in [-0.05, 0) is 36.6 Å². The molecule has 0 spiro atoms. The number of aromatic amines is 1. The smallest absolute Gasteiger partial charge is 0.177 e. The van der Waals surface area contributed by atoms with E-state index in [0.717, 1.165) is 29.1 Å². The normalized spacial score (nSPS) is 17.5. The second kappa shape index (κ2) is 3.42. The maximum Gasteiger partial charge on any atom is 0.177 e. The third-order valence-corrected chi connectivity index (χ3v) is 3.69. The minimum absolute atomic E-state index is 0.413. The van der Waals surface area contributed by atoms with Crippen LogP contribution in [0.5, 0.6) is 0 Å². The number of benzene rings is 1. The van der Waals surface area contributed by atoms with Crippen molar-refractivity contribution in [2.75, 3.05) is 0 Å². The molecule has 0 radical (unpaired) electrons. The lowest BCUT2D eigenvalue weighted by Gasteiger charge is -2.28. The van der Waals surface area contributed by atoms with Crippen LogP contribution in [-0.4, -0.2) is 15.0 Å². The van der Waals surface area contributed by atoms with Crippen LogP contribution in [0.25, 0.3) is 11.2 Å². The van der Waals surface area contributed by atoms with Crippen LogP contribution in [-0.2, 0) is 6.42 Å². The summed E-state index contributed by atoms with van der Waals surface area (Å²) in [6, 6.07) is 12.6. The lowest BCUT2D eigenvalue weighted by atomic mass is 9.77. The monoisotopic (exact) mass is 235 g/mol. The van der Waals surface area contributed by atoms with Crippen molar-refractivity contribution in [3.63, 3.8) is 0 Å². The van der Waals surface area contributed by atoms with Crippen molar-refractivity contribution < 1.29 is 0 Å². The highest BCUT2D eigenvalue weighted by Crippen LogP contribution is 2.38. The Bertz CT molecular complexity index is 742. The summed E-state index contributed by atoms with van der Waals surface area (Å²) in [6.45, 7) is 1.99. The zero-order chi connectivity index (χ0) is 12.1. The highest BCUT2D eigenvalue weighted by atomic mass is 15.0. The molecular weight excluding hydrogens is 222 g/mol. The van der Waals surface area contributed by atoms with Gasteiger partial charge in [-0.2, -0.15) is 0 Å². The van der Waals surface area contributed by atoms with Crippen molar-refractivity contribution in [2.24, 2.45) is 0 Å². The molecule has 2 aromatic heterocycles. The highest BCUT2D eigenvalue weighted by molar-refractivity contribution is 5.71. The van der Waals surface area contributed by atoms with Crippen molar-refractivity contribution in [1.82, 2.24) is 15.0 Å². The van der Waals surface area contributed by atoms with Crippen LogP contribution in [0.3, 0.4) is 0 Å². The summed E-state index contributed by atoms with van der Waals surface area (Å²) in [7, 11) is 0. The summed E-state index contributed by atoms with van der Waals surface area (Å²) in [6.07, 6.45) is 1.08. The molecule has 2 heterocycles. The van der Waals surface area contributed by atoms with Gasteiger partial charge in [-0.15, -0.1) is 0 Å². The summed E-state index contributed by atoms with van der Waals surface area (Å²) in [4.78, 5) is 12.5. The first-order chi connectivity index (χ1) is 8.81. The fraction of sp³-hybridized carbons (Fsp3) is 0.200. The van der Waals surface area contributed by atoms with Crippen LogP contribution >= 0.6 is 0 Å². The first kappa shape index (κ1) is 9.83. The molecule has 1 aliphatic rings. The zero-order valence-electron chi connectivity index (χ0n) is 10.1. The molecule has 1 aliphatic carbocycles. The van der Waals surface area contributed by atoms with Gasteiger partial charge < -0.3 is 4.98 Å². The van der Waals surface area contributed by atoms with Gasteiger partial charge in [0, 0.05) is 11.6 Å². The summed E-state index contributed by atoms with van der Waals surface area (Å²) in [5.74, 6) is 1.46. The van der Waals surface area contributed by atoms with Crippen LogP contribution < -0.4 is 0 Å². The van der Waals surface area contributed by atoms with E-state index in [0.29, 0.717) is 5.92 Å². The van der Waals surface area contributed by atoms with E-state index in [1.54, 1.807) is 0 Å². The molecule has 1 unspecified atom stereocenters. The third kappa shape index (κ3) is 1.30. The first-order valence-corrected chi connectivity index (χ1v) is 6.22. The van der Waals surface area contributed by atoms with Crippen molar-refractivity contribution in [1.29, 1.82) is 0 Å². The quantitative estimate of drug-likeness (QED) is 0.704. The molecule has 0 amide bonds. The van der Waals surface area contributed by atoms with Crippen LogP contribution in [0.4, 0.5) is 0 Å². The number of H-pyrrole nitrogens is 1. The Kier molecular flexibility index (Phi) is 1.87. The SMILES string of the molecule is Cc1ccc2[nH]c(C3Cc4ccccc43)nc2n1. The summed E-state index contributed by atoms with van der Waals surface area (Å²) < 4.78 is 0. The van der Waals surface area contributed by atoms with Gasteiger partial charge >= 0.3 is 0 Å². The average molecular weight is 235 g/mol. The molecule has 3 nitrogen and oxygen atoms in total. The van der Waals surface area contributed by atoms with Gasteiger partial charge in [-0.3, -0.25) is 0 Å². The van der Waals surface area contributed by atoms with E-state index in [4.69, 9.17) is 0 Å². The average Bonchev–Trinajstić information content (AvgIpc) is 2.73. The molecule has 3 heteroatoms. The Morgan fingerprint density at radius 1 is 1.11 bits per heavy atom. The first-order valence-electron chi connectivity index (χ1n) is 6.22. The Labute approximate surface area is 105 Å². The predicted octanol–water partition coefficient (Wildman–Crippen LogP) is 2.95. The van der Waals surface area contributed by atoms with Crippen molar-refractivity contribution in [2.45, 2.75) is 19.3 Å². The number of hydrogen-bond acceptors (Lipinski definition) is 2. The van der Waals surface area contributed by atoms with Crippen LogP contribution in [0.15, 0.2) is 36.4 Å². The second-order valence-electron chi connectivity index (χ2n) is 4.90. The molecule has 0 fully saturated rings. The van der Waals surface area contributed by atoms with E-state index in [9.17, 15) is 0 Å². The maximum atomic E-state index is 4.63. The number of aromatic nitrogens is 3. The van der Waals surface area contributed by atoms with Crippen molar-refractivity contribution >= 4 is 11.2 Å².